The van der Waals surface area contributed by atoms with Crippen LogP contribution in [0.1, 0.15) is 23.2 Å². The summed E-state index contributed by atoms with van der Waals surface area (Å²) in [6, 6.07) is 5.55. The quantitative estimate of drug-likeness (QED) is 0.631. The second kappa shape index (κ2) is 3.65. The Morgan fingerprint density at radius 1 is 1.46 bits per heavy atom. The summed E-state index contributed by atoms with van der Waals surface area (Å²) in [6.45, 7) is 0. The first-order chi connectivity index (χ1) is 6.29. The zero-order valence-corrected chi connectivity index (χ0v) is 9.15. The van der Waals surface area contributed by atoms with Gasteiger partial charge in [0.05, 0.1) is 6.10 Å². The lowest BCUT2D eigenvalue weighted by Crippen LogP contribution is -1.96. The second-order valence-electron chi connectivity index (χ2n) is 3.12. The summed E-state index contributed by atoms with van der Waals surface area (Å²) in [5.74, 6) is 0.873. The van der Waals surface area contributed by atoms with E-state index in [1.54, 1.807) is 6.07 Å². The Kier molecular flexibility index (Phi) is 2.53. The van der Waals surface area contributed by atoms with Gasteiger partial charge in [0.15, 0.2) is 6.29 Å². The van der Waals surface area contributed by atoms with Crippen LogP contribution in [0.2, 0.25) is 0 Å². The molecule has 0 unspecified atom stereocenters. The Balaban J connectivity index is 2.18. The molecule has 1 saturated carbocycles. The van der Waals surface area contributed by atoms with E-state index in [4.69, 9.17) is 4.74 Å². The van der Waals surface area contributed by atoms with E-state index in [0.717, 1.165) is 34.0 Å². The summed E-state index contributed by atoms with van der Waals surface area (Å²) in [5, 5.41) is 0. The van der Waals surface area contributed by atoms with Crippen molar-refractivity contribution in [2.45, 2.75) is 18.9 Å². The molecule has 0 aromatic heterocycles. The van der Waals surface area contributed by atoms with Crippen molar-refractivity contribution in [3.63, 3.8) is 0 Å². The highest BCUT2D eigenvalue weighted by Gasteiger charge is 2.23. The molecule has 0 aliphatic heterocycles. The molecule has 13 heavy (non-hydrogen) atoms. The van der Waals surface area contributed by atoms with Gasteiger partial charge in [-0.05, 0) is 53.6 Å². The van der Waals surface area contributed by atoms with Crippen LogP contribution in [0, 0.1) is 3.57 Å². The fourth-order valence-corrected chi connectivity index (χ4v) is 1.67. The van der Waals surface area contributed by atoms with Crippen LogP contribution >= 0.6 is 22.6 Å². The molecule has 0 amide bonds. The largest absolute Gasteiger partial charge is 0.490 e. The van der Waals surface area contributed by atoms with Gasteiger partial charge in [0.25, 0.3) is 0 Å². The van der Waals surface area contributed by atoms with Gasteiger partial charge in [-0.3, -0.25) is 4.79 Å². The normalized spacial score (nSPS) is 15.5. The molecule has 0 radical (unpaired) electrons. The van der Waals surface area contributed by atoms with Gasteiger partial charge in [0.1, 0.15) is 5.75 Å². The molecule has 1 aromatic rings. The van der Waals surface area contributed by atoms with Crippen LogP contribution in [0.5, 0.6) is 5.75 Å². The zero-order chi connectivity index (χ0) is 9.26. The summed E-state index contributed by atoms with van der Waals surface area (Å²) in [7, 11) is 0. The minimum atomic E-state index is 0.415. The molecule has 2 rings (SSSR count). The van der Waals surface area contributed by atoms with E-state index in [9.17, 15) is 4.79 Å². The summed E-state index contributed by atoms with van der Waals surface area (Å²) >= 11 is 2.14. The first kappa shape index (κ1) is 8.99. The highest BCUT2D eigenvalue weighted by atomic mass is 127. The predicted molar refractivity (Wildman–Crippen MR) is 58.2 cm³/mol. The second-order valence-corrected chi connectivity index (χ2v) is 4.28. The van der Waals surface area contributed by atoms with Crippen molar-refractivity contribution >= 4 is 28.9 Å². The Hall–Kier alpha value is -0.580. The van der Waals surface area contributed by atoms with Gasteiger partial charge in [-0.15, -0.1) is 0 Å². The lowest BCUT2D eigenvalue weighted by Gasteiger charge is -2.04. The monoisotopic (exact) mass is 288 g/mol. The van der Waals surface area contributed by atoms with Crippen molar-refractivity contribution in [3.8, 4) is 5.75 Å². The van der Waals surface area contributed by atoms with Gasteiger partial charge >= 0.3 is 0 Å². The van der Waals surface area contributed by atoms with Crippen molar-refractivity contribution in [2.24, 2.45) is 0 Å². The first-order valence-electron chi connectivity index (χ1n) is 4.21. The van der Waals surface area contributed by atoms with Crippen LogP contribution in [0.3, 0.4) is 0 Å². The number of ether oxygens (including phenoxy) is 1. The van der Waals surface area contributed by atoms with Gasteiger partial charge in [-0.2, -0.15) is 0 Å². The maximum Gasteiger partial charge on any atom is 0.151 e. The third-order valence-electron chi connectivity index (χ3n) is 1.93. The van der Waals surface area contributed by atoms with Gasteiger partial charge in [0.2, 0.25) is 0 Å². The Bertz CT molecular complexity index is 332. The van der Waals surface area contributed by atoms with Crippen molar-refractivity contribution in [1.82, 2.24) is 0 Å². The van der Waals surface area contributed by atoms with Crippen molar-refractivity contribution in [1.29, 1.82) is 0 Å². The van der Waals surface area contributed by atoms with E-state index in [1.807, 2.05) is 12.1 Å². The maximum absolute atomic E-state index is 10.5. The summed E-state index contributed by atoms with van der Waals surface area (Å²) in [4.78, 5) is 10.5. The fraction of sp³-hybridized carbons (Fsp3) is 0.300. The number of carbonyl (C=O) groups is 1. The number of benzene rings is 1. The summed E-state index contributed by atoms with van der Waals surface area (Å²) in [6.07, 6.45) is 3.60. The third-order valence-corrected chi connectivity index (χ3v) is 2.86. The van der Waals surface area contributed by atoms with Crippen LogP contribution in [-0.2, 0) is 0 Å². The Morgan fingerprint density at radius 2 is 2.23 bits per heavy atom. The topological polar surface area (TPSA) is 26.3 Å². The highest BCUT2D eigenvalue weighted by molar-refractivity contribution is 14.1. The minimum Gasteiger partial charge on any atom is -0.490 e. The van der Waals surface area contributed by atoms with E-state index >= 15 is 0 Å². The average Bonchev–Trinajstić information content (AvgIpc) is 2.89. The predicted octanol–water partition coefficient (Wildman–Crippen LogP) is 2.64. The molecule has 0 atom stereocenters. The molecular formula is C10H9IO2. The molecule has 1 aliphatic rings. The molecule has 0 N–H and O–H groups in total. The average molecular weight is 288 g/mol. The van der Waals surface area contributed by atoms with E-state index < -0.39 is 0 Å². The zero-order valence-electron chi connectivity index (χ0n) is 7.00. The first-order valence-corrected chi connectivity index (χ1v) is 5.29. The lowest BCUT2D eigenvalue weighted by atomic mass is 10.2. The third kappa shape index (κ3) is 2.21. The molecule has 0 saturated heterocycles. The van der Waals surface area contributed by atoms with E-state index in [-0.39, 0.29) is 0 Å². The molecule has 1 aromatic carbocycles. The number of halogens is 1. The highest BCUT2D eigenvalue weighted by Crippen LogP contribution is 2.28. The molecule has 0 heterocycles. The molecular weight excluding hydrogens is 279 g/mol. The Morgan fingerprint density at radius 3 is 2.77 bits per heavy atom. The molecule has 3 heteroatoms. The molecule has 0 spiro atoms. The van der Waals surface area contributed by atoms with Crippen LogP contribution < -0.4 is 4.74 Å². The number of rotatable bonds is 3. The van der Waals surface area contributed by atoms with Crippen LogP contribution in [0.25, 0.3) is 0 Å². The van der Waals surface area contributed by atoms with Gasteiger partial charge in [0, 0.05) is 9.13 Å². The van der Waals surface area contributed by atoms with E-state index in [2.05, 4.69) is 22.6 Å². The number of hydrogen-bond acceptors (Lipinski definition) is 2. The molecule has 0 bridgehead atoms. The minimum absolute atomic E-state index is 0.415. The molecule has 68 valence electrons. The van der Waals surface area contributed by atoms with Gasteiger partial charge < -0.3 is 4.74 Å². The number of carbonyl (C=O) groups excluding carboxylic acids is 1. The lowest BCUT2D eigenvalue weighted by molar-refractivity contribution is 0.112. The number of aldehydes is 1. The van der Waals surface area contributed by atoms with E-state index in [1.165, 1.54) is 0 Å². The van der Waals surface area contributed by atoms with Crippen LogP contribution in [0.4, 0.5) is 0 Å². The summed E-state index contributed by atoms with van der Waals surface area (Å²) < 4.78 is 6.53. The van der Waals surface area contributed by atoms with Gasteiger partial charge in [-0.1, -0.05) is 0 Å². The van der Waals surface area contributed by atoms with Crippen molar-refractivity contribution in [2.75, 3.05) is 0 Å². The number of hydrogen-bond donors (Lipinski definition) is 0. The van der Waals surface area contributed by atoms with Gasteiger partial charge in [-0.25, -0.2) is 0 Å². The van der Waals surface area contributed by atoms with Crippen molar-refractivity contribution < 1.29 is 9.53 Å². The molecule has 1 fully saturated rings. The Labute approximate surface area is 90.4 Å². The smallest absolute Gasteiger partial charge is 0.151 e. The standard InChI is InChI=1S/C10H9IO2/c11-10-5-9(13-8-3-4-8)2-1-7(10)6-12/h1-2,5-6,8H,3-4H2. The van der Waals surface area contributed by atoms with Crippen LogP contribution in [0.15, 0.2) is 18.2 Å². The SMILES string of the molecule is O=Cc1ccc(OC2CC2)cc1I. The fourth-order valence-electron chi connectivity index (χ4n) is 1.06. The van der Waals surface area contributed by atoms with E-state index in [0.29, 0.717) is 6.10 Å². The molecule has 1 aliphatic carbocycles. The summed E-state index contributed by atoms with van der Waals surface area (Å²) in [5.41, 5.74) is 0.726. The van der Waals surface area contributed by atoms with Crippen molar-refractivity contribution in [3.05, 3.63) is 27.3 Å². The molecule has 2 nitrogen and oxygen atoms in total. The maximum atomic E-state index is 10.5. The van der Waals surface area contributed by atoms with Crippen LogP contribution in [-0.4, -0.2) is 12.4 Å².